The van der Waals surface area contributed by atoms with Crippen LogP contribution in [-0.4, -0.2) is 51.2 Å². The molecule has 1 aromatic carbocycles. The first kappa shape index (κ1) is 18.1. The van der Waals surface area contributed by atoms with Gasteiger partial charge < -0.3 is 9.42 Å². The number of halogens is 1. The van der Waals surface area contributed by atoms with E-state index >= 15 is 0 Å². The van der Waals surface area contributed by atoms with Crippen LogP contribution in [0.2, 0.25) is 0 Å². The zero-order valence-corrected chi connectivity index (χ0v) is 16.7. The Labute approximate surface area is 170 Å². The number of anilines is 1. The number of fused-ring (bicyclic) bond motifs is 1. The maximum atomic E-state index is 13.8. The molecule has 1 aliphatic rings. The van der Waals surface area contributed by atoms with Gasteiger partial charge in [0.05, 0.1) is 11.9 Å². The molecule has 0 radical (unpaired) electrons. The van der Waals surface area contributed by atoms with Crippen molar-refractivity contribution in [2.45, 2.75) is 13.5 Å². The van der Waals surface area contributed by atoms with E-state index in [1.807, 2.05) is 5.38 Å². The number of rotatable bonds is 4. The van der Waals surface area contributed by atoms with Crippen molar-refractivity contribution in [2.75, 3.05) is 31.1 Å². The lowest BCUT2D eigenvalue weighted by atomic mass is 10.1. The van der Waals surface area contributed by atoms with E-state index in [4.69, 9.17) is 4.52 Å². The smallest absolute Gasteiger partial charge is 0.241 e. The fourth-order valence-corrected chi connectivity index (χ4v) is 4.23. The van der Waals surface area contributed by atoms with Gasteiger partial charge in [-0.15, -0.1) is 11.3 Å². The van der Waals surface area contributed by atoms with Gasteiger partial charge in [-0.05, 0) is 30.0 Å². The number of nitrogens with zero attached hydrogens (tertiary/aromatic N) is 6. The topological polar surface area (TPSA) is 71.2 Å². The molecule has 0 amide bonds. The van der Waals surface area contributed by atoms with Gasteiger partial charge in [0.25, 0.3) is 0 Å². The van der Waals surface area contributed by atoms with Crippen molar-refractivity contribution in [3.05, 3.63) is 53.2 Å². The number of benzene rings is 1. The molecule has 0 aliphatic carbocycles. The highest BCUT2D eigenvalue weighted by molar-refractivity contribution is 7.16. The van der Waals surface area contributed by atoms with Gasteiger partial charge in [0.2, 0.25) is 11.7 Å². The van der Waals surface area contributed by atoms with Crippen molar-refractivity contribution < 1.29 is 8.91 Å². The second-order valence-corrected chi connectivity index (χ2v) is 7.97. The van der Waals surface area contributed by atoms with Crippen molar-refractivity contribution in [3.63, 3.8) is 0 Å². The van der Waals surface area contributed by atoms with E-state index in [1.54, 1.807) is 36.7 Å². The summed E-state index contributed by atoms with van der Waals surface area (Å²) >= 11 is 1.63. The van der Waals surface area contributed by atoms with Crippen molar-refractivity contribution in [3.8, 4) is 11.4 Å². The first-order valence-corrected chi connectivity index (χ1v) is 10.3. The molecule has 7 nitrogen and oxygen atoms in total. The Balaban J connectivity index is 1.24. The molecular formula is C20H19FN6OS. The molecule has 5 rings (SSSR count). The molecule has 148 valence electrons. The number of aromatic nitrogens is 4. The zero-order chi connectivity index (χ0) is 19.8. The summed E-state index contributed by atoms with van der Waals surface area (Å²) in [4.78, 5) is 18.8. The molecule has 4 aromatic rings. The normalized spacial score (nSPS) is 15.3. The van der Waals surface area contributed by atoms with Gasteiger partial charge >= 0.3 is 0 Å². The summed E-state index contributed by atoms with van der Waals surface area (Å²) < 4.78 is 19.2. The van der Waals surface area contributed by atoms with Gasteiger partial charge in [0.1, 0.15) is 22.8 Å². The first-order chi connectivity index (χ1) is 14.2. The third-order valence-corrected chi connectivity index (χ3v) is 5.99. The Bertz CT molecular complexity index is 1150. The molecule has 1 aliphatic heterocycles. The van der Waals surface area contributed by atoms with Crippen LogP contribution < -0.4 is 4.90 Å². The lowest BCUT2D eigenvalue weighted by Gasteiger charge is -2.34. The van der Waals surface area contributed by atoms with E-state index < -0.39 is 0 Å². The summed E-state index contributed by atoms with van der Waals surface area (Å²) in [6.45, 7) is 5.77. The molecular weight excluding hydrogens is 391 g/mol. The average Bonchev–Trinajstić information content (AvgIpc) is 3.40. The molecule has 29 heavy (non-hydrogen) atoms. The molecule has 9 heteroatoms. The number of thiophene rings is 1. The fourth-order valence-electron chi connectivity index (χ4n) is 3.51. The van der Waals surface area contributed by atoms with Gasteiger partial charge in [-0.1, -0.05) is 17.3 Å². The third kappa shape index (κ3) is 3.58. The molecule has 0 saturated carbocycles. The minimum atomic E-state index is -0.269. The molecule has 3 aromatic heterocycles. The molecule has 0 unspecified atom stereocenters. The van der Waals surface area contributed by atoms with Crippen LogP contribution in [0.25, 0.3) is 21.6 Å². The van der Waals surface area contributed by atoms with Gasteiger partial charge in [-0.3, -0.25) is 4.90 Å². The molecule has 0 atom stereocenters. The Morgan fingerprint density at radius 3 is 2.83 bits per heavy atom. The Hall–Kier alpha value is -2.91. The van der Waals surface area contributed by atoms with Crippen LogP contribution in [-0.2, 0) is 6.54 Å². The lowest BCUT2D eigenvalue weighted by molar-refractivity contribution is 0.215. The van der Waals surface area contributed by atoms with Gasteiger partial charge in [-0.25, -0.2) is 14.4 Å². The van der Waals surface area contributed by atoms with Crippen LogP contribution >= 0.6 is 11.3 Å². The maximum Gasteiger partial charge on any atom is 0.241 e. The van der Waals surface area contributed by atoms with Crippen molar-refractivity contribution in [1.29, 1.82) is 0 Å². The minimum absolute atomic E-state index is 0.269. The molecule has 0 N–H and O–H groups in total. The number of hydrogen-bond donors (Lipinski definition) is 0. The summed E-state index contributed by atoms with van der Waals surface area (Å²) in [5, 5.41) is 7.16. The highest BCUT2D eigenvalue weighted by Gasteiger charge is 2.22. The van der Waals surface area contributed by atoms with E-state index in [1.165, 1.54) is 6.07 Å². The second-order valence-electron chi connectivity index (χ2n) is 7.08. The monoisotopic (exact) mass is 410 g/mol. The number of hydrogen-bond acceptors (Lipinski definition) is 8. The zero-order valence-electron chi connectivity index (χ0n) is 15.9. The average molecular weight is 410 g/mol. The molecule has 1 fully saturated rings. The highest BCUT2D eigenvalue weighted by Crippen LogP contribution is 2.27. The van der Waals surface area contributed by atoms with Crippen molar-refractivity contribution in [1.82, 2.24) is 25.0 Å². The highest BCUT2D eigenvalue weighted by atomic mass is 32.1. The van der Waals surface area contributed by atoms with Gasteiger partial charge in [0, 0.05) is 31.7 Å². The molecule has 0 bridgehead atoms. The van der Waals surface area contributed by atoms with Crippen molar-refractivity contribution >= 4 is 27.4 Å². The van der Waals surface area contributed by atoms with Crippen LogP contribution in [0.5, 0.6) is 0 Å². The molecule has 1 saturated heterocycles. The largest absolute Gasteiger partial charge is 0.353 e. The summed E-state index contributed by atoms with van der Waals surface area (Å²) in [6, 6.07) is 7.04. The van der Waals surface area contributed by atoms with E-state index in [0.29, 0.717) is 29.4 Å². The summed E-state index contributed by atoms with van der Waals surface area (Å²) in [7, 11) is 0. The van der Waals surface area contributed by atoms with E-state index in [9.17, 15) is 4.39 Å². The lowest BCUT2D eigenvalue weighted by Crippen LogP contribution is -2.46. The summed E-state index contributed by atoms with van der Waals surface area (Å²) in [5.41, 5.74) is 1.22. The quantitative estimate of drug-likeness (QED) is 0.510. The predicted octanol–water partition coefficient (Wildman–Crippen LogP) is 3.51. The Morgan fingerprint density at radius 1 is 1.14 bits per heavy atom. The van der Waals surface area contributed by atoms with E-state index in [2.05, 4.69) is 36.0 Å². The standard InChI is InChI=1S/C20H19FN6OS/c1-13-2-3-14(10-16(13)21)18-24-17(28-25-18)11-26-5-7-27(8-6-26)19-15-4-9-29-20(15)23-12-22-19/h2-4,9-10,12H,5-8,11H2,1H3. The maximum absolute atomic E-state index is 13.8. The first-order valence-electron chi connectivity index (χ1n) is 9.42. The Kier molecular flexibility index (Phi) is 4.69. The number of piperazine rings is 1. The second kappa shape index (κ2) is 7.49. The third-order valence-electron chi connectivity index (χ3n) is 5.17. The van der Waals surface area contributed by atoms with Crippen molar-refractivity contribution in [2.24, 2.45) is 0 Å². The Morgan fingerprint density at radius 2 is 2.00 bits per heavy atom. The molecule has 4 heterocycles. The van der Waals surface area contributed by atoms with Crippen LogP contribution in [0.1, 0.15) is 11.5 Å². The minimum Gasteiger partial charge on any atom is -0.353 e. The van der Waals surface area contributed by atoms with E-state index in [0.717, 1.165) is 42.2 Å². The van der Waals surface area contributed by atoms with Crippen LogP contribution in [0.15, 0.2) is 40.5 Å². The molecule has 0 spiro atoms. The van der Waals surface area contributed by atoms with Crippen LogP contribution in [0.3, 0.4) is 0 Å². The van der Waals surface area contributed by atoms with Crippen LogP contribution in [0.4, 0.5) is 10.2 Å². The van der Waals surface area contributed by atoms with Gasteiger partial charge in [0.15, 0.2) is 0 Å². The van der Waals surface area contributed by atoms with Gasteiger partial charge in [-0.2, -0.15) is 4.98 Å². The SMILES string of the molecule is Cc1ccc(-c2noc(CN3CCN(c4ncnc5sccc45)CC3)n2)cc1F. The predicted molar refractivity (Wildman–Crippen MR) is 109 cm³/mol. The summed E-state index contributed by atoms with van der Waals surface area (Å²) in [5.74, 6) is 1.68. The van der Waals surface area contributed by atoms with E-state index in [-0.39, 0.29) is 5.82 Å². The van der Waals surface area contributed by atoms with Crippen LogP contribution in [0, 0.1) is 12.7 Å². The number of aryl methyl sites for hydroxylation is 1. The summed E-state index contributed by atoms with van der Waals surface area (Å²) in [6.07, 6.45) is 1.63. The fraction of sp³-hybridized carbons (Fsp3) is 0.300.